The van der Waals surface area contributed by atoms with Crippen molar-refractivity contribution < 1.29 is 4.74 Å². The molecule has 0 radical (unpaired) electrons. The minimum Gasteiger partial charge on any atom is -0.373 e. The molecule has 2 fully saturated rings. The van der Waals surface area contributed by atoms with Crippen molar-refractivity contribution in [1.29, 1.82) is 0 Å². The molecule has 1 aliphatic heterocycles. The molecule has 1 atom stereocenters. The van der Waals surface area contributed by atoms with Crippen LogP contribution in [0, 0.1) is 0 Å². The summed E-state index contributed by atoms with van der Waals surface area (Å²) in [5, 5.41) is 0. The standard InChI is InChI=1S/C9H18N2O/c10-7-1-4-9(5-2-7)8(11)3-6-12-9/h7-8H,1-6,10-11H2. The second-order valence-corrected chi connectivity index (χ2v) is 4.15. The molecule has 4 N–H and O–H groups in total. The maximum atomic E-state index is 6.02. The van der Waals surface area contributed by atoms with Crippen molar-refractivity contribution in [3.8, 4) is 0 Å². The lowest BCUT2D eigenvalue weighted by Crippen LogP contribution is -2.49. The highest BCUT2D eigenvalue weighted by Gasteiger charge is 2.43. The molecule has 0 amide bonds. The summed E-state index contributed by atoms with van der Waals surface area (Å²) in [7, 11) is 0. The molecule has 1 saturated heterocycles. The van der Waals surface area contributed by atoms with Gasteiger partial charge in [-0.15, -0.1) is 0 Å². The van der Waals surface area contributed by atoms with Gasteiger partial charge in [-0.25, -0.2) is 0 Å². The van der Waals surface area contributed by atoms with Gasteiger partial charge in [-0.3, -0.25) is 0 Å². The third-order valence-corrected chi connectivity index (χ3v) is 3.37. The quantitative estimate of drug-likeness (QED) is 0.552. The van der Waals surface area contributed by atoms with Gasteiger partial charge in [0.1, 0.15) is 0 Å². The van der Waals surface area contributed by atoms with Crippen LogP contribution < -0.4 is 11.5 Å². The average Bonchev–Trinajstić information content (AvgIpc) is 2.41. The van der Waals surface area contributed by atoms with Crippen molar-refractivity contribution >= 4 is 0 Å². The summed E-state index contributed by atoms with van der Waals surface area (Å²) in [6.45, 7) is 0.844. The Morgan fingerprint density at radius 3 is 2.25 bits per heavy atom. The lowest BCUT2D eigenvalue weighted by atomic mass is 9.78. The van der Waals surface area contributed by atoms with Crippen molar-refractivity contribution in [2.24, 2.45) is 11.5 Å². The Morgan fingerprint density at radius 2 is 1.75 bits per heavy atom. The zero-order chi connectivity index (χ0) is 8.60. The van der Waals surface area contributed by atoms with Gasteiger partial charge in [0.15, 0.2) is 0 Å². The minimum absolute atomic E-state index is 0.00979. The van der Waals surface area contributed by atoms with E-state index in [2.05, 4.69) is 0 Å². The number of nitrogens with two attached hydrogens (primary N) is 2. The average molecular weight is 170 g/mol. The molecular formula is C9H18N2O. The zero-order valence-electron chi connectivity index (χ0n) is 7.46. The van der Waals surface area contributed by atoms with Crippen LogP contribution >= 0.6 is 0 Å². The molecule has 12 heavy (non-hydrogen) atoms. The van der Waals surface area contributed by atoms with Crippen LogP contribution in [0.4, 0.5) is 0 Å². The Bertz CT molecular complexity index is 164. The van der Waals surface area contributed by atoms with E-state index in [1.807, 2.05) is 0 Å². The van der Waals surface area contributed by atoms with E-state index in [1.54, 1.807) is 0 Å². The summed E-state index contributed by atoms with van der Waals surface area (Å²) >= 11 is 0. The van der Waals surface area contributed by atoms with Gasteiger partial charge in [0.2, 0.25) is 0 Å². The minimum atomic E-state index is 0.00979. The van der Waals surface area contributed by atoms with Gasteiger partial charge in [-0.1, -0.05) is 0 Å². The highest BCUT2D eigenvalue weighted by Crippen LogP contribution is 2.38. The third kappa shape index (κ3) is 1.26. The molecule has 1 aliphatic carbocycles. The van der Waals surface area contributed by atoms with E-state index in [0.29, 0.717) is 6.04 Å². The number of rotatable bonds is 0. The van der Waals surface area contributed by atoms with Crippen LogP contribution in [0.15, 0.2) is 0 Å². The van der Waals surface area contributed by atoms with Crippen molar-refractivity contribution in [2.45, 2.75) is 49.8 Å². The summed E-state index contributed by atoms with van der Waals surface area (Å²) in [6.07, 6.45) is 5.31. The van der Waals surface area contributed by atoms with E-state index >= 15 is 0 Å². The molecule has 0 aromatic heterocycles. The van der Waals surface area contributed by atoms with E-state index in [4.69, 9.17) is 16.2 Å². The van der Waals surface area contributed by atoms with E-state index in [9.17, 15) is 0 Å². The van der Waals surface area contributed by atoms with Crippen LogP contribution in [-0.4, -0.2) is 24.3 Å². The summed E-state index contributed by atoms with van der Waals surface area (Å²) in [4.78, 5) is 0. The van der Waals surface area contributed by atoms with Crippen LogP contribution in [0.1, 0.15) is 32.1 Å². The van der Waals surface area contributed by atoms with E-state index < -0.39 is 0 Å². The Balaban J connectivity index is 2.02. The van der Waals surface area contributed by atoms with Crippen LogP contribution in [0.2, 0.25) is 0 Å². The molecule has 70 valence electrons. The Hall–Kier alpha value is -0.120. The third-order valence-electron chi connectivity index (χ3n) is 3.37. The first-order valence-electron chi connectivity index (χ1n) is 4.88. The van der Waals surface area contributed by atoms with Crippen LogP contribution in [0.25, 0.3) is 0 Å². The molecule has 2 rings (SSSR count). The summed E-state index contributed by atoms with van der Waals surface area (Å²) in [6, 6.07) is 0.636. The Morgan fingerprint density at radius 1 is 1.08 bits per heavy atom. The fourth-order valence-corrected chi connectivity index (χ4v) is 2.40. The molecular weight excluding hydrogens is 152 g/mol. The highest BCUT2D eigenvalue weighted by atomic mass is 16.5. The molecule has 1 unspecified atom stereocenters. The zero-order valence-corrected chi connectivity index (χ0v) is 7.46. The Kier molecular flexibility index (Phi) is 2.10. The smallest absolute Gasteiger partial charge is 0.0834 e. The van der Waals surface area contributed by atoms with Gasteiger partial charge in [0, 0.05) is 18.7 Å². The van der Waals surface area contributed by atoms with Gasteiger partial charge >= 0.3 is 0 Å². The number of ether oxygens (including phenoxy) is 1. The highest BCUT2D eigenvalue weighted by molar-refractivity contribution is 4.99. The summed E-state index contributed by atoms with van der Waals surface area (Å²) in [5.41, 5.74) is 11.9. The molecule has 3 nitrogen and oxygen atoms in total. The molecule has 1 heterocycles. The van der Waals surface area contributed by atoms with Crippen molar-refractivity contribution in [3.05, 3.63) is 0 Å². The lowest BCUT2D eigenvalue weighted by Gasteiger charge is -2.38. The molecule has 3 heteroatoms. The van der Waals surface area contributed by atoms with E-state index in [1.165, 1.54) is 0 Å². The molecule has 0 aromatic rings. The molecule has 1 spiro atoms. The largest absolute Gasteiger partial charge is 0.373 e. The van der Waals surface area contributed by atoms with Crippen molar-refractivity contribution in [3.63, 3.8) is 0 Å². The predicted molar refractivity (Wildman–Crippen MR) is 47.7 cm³/mol. The van der Waals surface area contributed by atoms with Crippen LogP contribution in [0.5, 0.6) is 0 Å². The molecule has 0 bridgehead atoms. The maximum absolute atomic E-state index is 6.02. The van der Waals surface area contributed by atoms with E-state index in [0.717, 1.165) is 38.7 Å². The SMILES string of the molecule is NC1CCC2(CC1)OCCC2N. The second kappa shape index (κ2) is 2.98. The maximum Gasteiger partial charge on any atom is 0.0834 e. The van der Waals surface area contributed by atoms with Gasteiger partial charge in [-0.2, -0.15) is 0 Å². The first-order valence-corrected chi connectivity index (χ1v) is 4.88. The first-order chi connectivity index (χ1) is 5.73. The molecule has 0 aromatic carbocycles. The summed E-state index contributed by atoms with van der Waals surface area (Å²) < 4.78 is 5.76. The van der Waals surface area contributed by atoms with Gasteiger partial charge in [0.05, 0.1) is 5.60 Å². The van der Waals surface area contributed by atoms with Crippen LogP contribution in [-0.2, 0) is 4.74 Å². The predicted octanol–water partition coefficient (Wildman–Crippen LogP) is 0.374. The Labute approximate surface area is 73.4 Å². The van der Waals surface area contributed by atoms with Crippen LogP contribution in [0.3, 0.4) is 0 Å². The fraction of sp³-hybridized carbons (Fsp3) is 1.00. The van der Waals surface area contributed by atoms with Gasteiger partial charge in [-0.05, 0) is 32.1 Å². The number of hydrogen-bond acceptors (Lipinski definition) is 3. The van der Waals surface area contributed by atoms with Crippen molar-refractivity contribution in [1.82, 2.24) is 0 Å². The molecule has 1 saturated carbocycles. The normalized spacial score (nSPS) is 48.5. The van der Waals surface area contributed by atoms with Gasteiger partial charge < -0.3 is 16.2 Å². The molecule has 2 aliphatic rings. The fourth-order valence-electron chi connectivity index (χ4n) is 2.40. The second-order valence-electron chi connectivity index (χ2n) is 4.15. The number of hydrogen-bond donors (Lipinski definition) is 2. The van der Waals surface area contributed by atoms with Crippen molar-refractivity contribution in [2.75, 3.05) is 6.61 Å². The lowest BCUT2D eigenvalue weighted by molar-refractivity contribution is -0.0357. The summed E-state index contributed by atoms with van der Waals surface area (Å²) in [5.74, 6) is 0. The monoisotopic (exact) mass is 170 g/mol. The topological polar surface area (TPSA) is 61.3 Å². The van der Waals surface area contributed by atoms with E-state index in [-0.39, 0.29) is 11.6 Å². The first kappa shape index (κ1) is 8.48. The van der Waals surface area contributed by atoms with Gasteiger partial charge in [0.25, 0.3) is 0 Å².